The fourth-order valence-corrected chi connectivity index (χ4v) is 9.61. The van der Waals surface area contributed by atoms with Gasteiger partial charge in [-0.3, -0.25) is 39.4 Å². The van der Waals surface area contributed by atoms with E-state index in [1.165, 1.54) is 0 Å². The molecule has 2 aromatic carbocycles. The van der Waals surface area contributed by atoms with Gasteiger partial charge in [0.25, 0.3) is 11.8 Å². The lowest BCUT2D eigenvalue weighted by molar-refractivity contribution is -0.136. The molecule has 0 spiro atoms. The summed E-state index contributed by atoms with van der Waals surface area (Å²) in [6, 6.07) is 13.0. The second-order valence-corrected chi connectivity index (χ2v) is 17.6. The normalized spacial score (nSPS) is 24.3. The van der Waals surface area contributed by atoms with Gasteiger partial charge in [-0.15, -0.1) is 0 Å². The third-order valence-corrected chi connectivity index (χ3v) is 13.3. The predicted molar refractivity (Wildman–Crippen MR) is 217 cm³/mol. The molecular formula is C43H50N10O5. The number of aromatic amines is 1. The highest BCUT2D eigenvalue weighted by Crippen LogP contribution is 2.41. The molecule has 15 heteroatoms. The molecule has 302 valence electrons. The Labute approximate surface area is 337 Å². The van der Waals surface area contributed by atoms with Crippen molar-refractivity contribution in [3.05, 3.63) is 59.9 Å². The van der Waals surface area contributed by atoms with Crippen molar-refractivity contribution in [3.8, 4) is 17.1 Å². The van der Waals surface area contributed by atoms with Crippen LogP contribution in [0.3, 0.4) is 0 Å². The largest absolute Gasteiger partial charge is 0.488 e. The van der Waals surface area contributed by atoms with E-state index in [4.69, 9.17) is 4.74 Å². The van der Waals surface area contributed by atoms with Crippen molar-refractivity contribution in [2.45, 2.75) is 70.1 Å². The summed E-state index contributed by atoms with van der Waals surface area (Å²) in [7, 11) is 0. The number of imide groups is 2. The highest BCUT2D eigenvalue weighted by atomic mass is 16.5. The summed E-state index contributed by atoms with van der Waals surface area (Å²) in [5, 5.41) is 11.1. The number of ether oxygens (including phenoxy) is 1. The lowest BCUT2D eigenvalue weighted by Gasteiger charge is -2.47. The lowest BCUT2D eigenvalue weighted by Crippen LogP contribution is -2.58. The number of carbonyl (C=O) groups is 4. The molecule has 0 bridgehead atoms. The molecule has 5 aliphatic heterocycles. The Morgan fingerprint density at radius 3 is 2.41 bits per heavy atom. The molecule has 2 atom stereocenters. The number of rotatable bonds is 10. The van der Waals surface area contributed by atoms with E-state index in [1.54, 1.807) is 18.5 Å². The predicted octanol–water partition coefficient (Wildman–Crippen LogP) is 3.71. The van der Waals surface area contributed by atoms with Crippen LogP contribution >= 0.6 is 0 Å². The van der Waals surface area contributed by atoms with Crippen LogP contribution in [0.15, 0.2) is 48.8 Å². The van der Waals surface area contributed by atoms with Crippen LogP contribution in [0.25, 0.3) is 22.3 Å². The van der Waals surface area contributed by atoms with Crippen LogP contribution < -0.4 is 19.9 Å². The second-order valence-electron chi connectivity index (χ2n) is 17.6. The number of benzene rings is 2. The first-order chi connectivity index (χ1) is 28.1. The maximum absolute atomic E-state index is 13.3. The molecular weight excluding hydrogens is 737 g/mol. The number of nitrogens with one attached hydrogen (secondary N) is 2. The van der Waals surface area contributed by atoms with E-state index in [2.05, 4.69) is 71.1 Å². The summed E-state index contributed by atoms with van der Waals surface area (Å²) in [5.74, 6) is 1.20. The van der Waals surface area contributed by atoms with Gasteiger partial charge < -0.3 is 19.4 Å². The standard InChI is InChI=1S/C43H50N10O5/c1-26-20-52(37-19-35(44-25-45-37)39-33-18-30(58-43(2)11-12-43)4-6-34(33)47-48-39)16-15-51(26)24-28-22-49(23-28)21-27-9-13-50(14-10-27)29-3-5-31-32(17-29)42(57)53(41(31)56)36-7-8-38(54)46-40(36)55/h3-6,17-19,25-28,36H,7-16,20-24H2,1-2H3,(H,47,48)(H,46,54,55)/t26-,36?/m0/s1. The maximum Gasteiger partial charge on any atom is 0.262 e. The van der Waals surface area contributed by atoms with E-state index in [0.29, 0.717) is 29.0 Å². The average Bonchev–Trinajstić information content (AvgIpc) is 3.69. The molecule has 10 rings (SSSR count). The molecule has 6 aliphatic rings. The van der Waals surface area contributed by atoms with Crippen LogP contribution in [0, 0.1) is 11.8 Å². The number of carbonyl (C=O) groups excluding carboxylic acids is 4. The van der Waals surface area contributed by atoms with Crippen molar-refractivity contribution >= 4 is 46.0 Å². The molecule has 2 aromatic heterocycles. The highest BCUT2D eigenvalue weighted by Gasteiger charge is 2.45. The molecule has 1 unspecified atom stereocenters. The number of likely N-dealkylation sites (tertiary alicyclic amines) is 1. The summed E-state index contributed by atoms with van der Waals surface area (Å²) in [4.78, 5) is 70.8. The molecule has 15 nitrogen and oxygen atoms in total. The number of hydrogen-bond acceptors (Lipinski definition) is 12. The molecule has 4 amide bonds. The number of fused-ring (bicyclic) bond motifs is 2. The molecule has 4 aromatic rings. The minimum Gasteiger partial charge on any atom is -0.488 e. The summed E-state index contributed by atoms with van der Waals surface area (Å²) in [5.41, 5.74) is 4.11. The fourth-order valence-electron chi connectivity index (χ4n) is 9.61. The SMILES string of the molecule is C[C@H]1CN(c2cc(-c3n[nH]c4ccc(OC5(C)CC5)cc34)ncn2)CCN1CC1CN(CC2CCN(c3ccc4c(c3)C(=O)N(C3CCC(=O)NC3=O)C4=O)CC2)C1. The maximum atomic E-state index is 13.3. The van der Waals surface area contributed by atoms with E-state index in [1.807, 2.05) is 18.2 Å². The van der Waals surface area contributed by atoms with E-state index >= 15 is 0 Å². The van der Waals surface area contributed by atoms with Crippen molar-refractivity contribution in [2.75, 3.05) is 68.7 Å². The first-order valence-corrected chi connectivity index (χ1v) is 20.9. The van der Waals surface area contributed by atoms with Crippen LogP contribution in [0.4, 0.5) is 11.5 Å². The third-order valence-electron chi connectivity index (χ3n) is 13.3. The summed E-state index contributed by atoms with van der Waals surface area (Å²) >= 11 is 0. The van der Waals surface area contributed by atoms with Gasteiger partial charge in [0.2, 0.25) is 11.8 Å². The Hall–Kier alpha value is -5.41. The van der Waals surface area contributed by atoms with Gasteiger partial charge in [0.15, 0.2) is 0 Å². The Balaban J connectivity index is 0.682. The van der Waals surface area contributed by atoms with Gasteiger partial charge in [0.05, 0.1) is 22.3 Å². The Morgan fingerprint density at radius 2 is 1.64 bits per heavy atom. The zero-order valence-corrected chi connectivity index (χ0v) is 33.2. The number of piperidine rings is 2. The topological polar surface area (TPSA) is 160 Å². The second kappa shape index (κ2) is 14.5. The number of hydrogen-bond donors (Lipinski definition) is 2. The monoisotopic (exact) mass is 786 g/mol. The van der Waals surface area contributed by atoms with Gasteiger partial charge in [0.1, 0.15) is 35.2 Å². The van der Waals surface area contributed by atoms with Crippen molar-refractivity contribution in [3.63, 3.8) is 0 Å². The van der Waals surface area contributed by atoms with Gasteiger partial charge in [-0.1, -0.05) is 0 Å². The van der Waals surface area contributed by atoms with Gasteiger partial charge in [-0.25, -0.2) is 9.97 Å². The van der Waals surface area contributed by atoms with Gasteiger partial charge >= 0.3 is 0 Å². The molecule has 2 N–H and O–H groups in total. The van der Waals surface area contributed by atoms with Crippen molar-refractivity contribution in [1.82, 2.24) is 40.2 Å². The van der Waals surface area contributed by atoms with Crippen LogP contribution in [0.2, 0.25) is 0 Å². The number of aromatic nitrogens is 4. The van der Waals surface area contributed by atoms with E-state index < -0.39 is 23.8 Å². The van der Waals surface area contributed by atoms with E-state index in [9.17, 15) is 19.2 Å². The van der Waals surface area contributed by atoms with Crippen LogP contribution in [0.1, 0.15) is 73.1 Å². The minimum atomic E-state index is -0.954. The quantitative estimate of drug-likeness (QED) is 0.225. The Bertz CT molecular complexity index is 2290. The smallest absolute Gasteiger partial charge is 0.262 e. The zero-order valence-electron chi connectivity index (χ0n) is 33.2. The molecule has 58 heavy (non-hydrogen) atoms. The highest BCUT2D eigenvalue weighted by molar-refractivity contribution is 6.23. The Kier molecular flexibility index (Phi) is 9.19. The average molecular weight is 787 g/mol. The summed E-state index contributed by atoms with van der Waals surface area (Å²) in [6.45, 7) is 13.6. The first-order valence-electron chi connectivity index (χ1n) is 20.9. The van der Waals surface area contributed by atoms with Crippen LogP contribution in [-0.4, -0.2) is 135 Å². The number of H-pyrrole nitrogens is 1. The summed E-state index contributed by atoms with van der Waals surface area (Å²) in [6.07, 6.45) is 6.22. The first kappa shape index (κ1) is 36.9. The van der Waals surface area contributed by atoms with Crippen molar-refractivity contribution in [2.24, 2.45) is 11.8 Å². The number of anilines is 2. The number of piperazine rings is 1. The third kappa shape index (κ3) is 6.97. The van der Waals surface area contributed by atoms with Crippen LogP contribution in [-0.2, 0) is 9.59 Å². The van der Waals surface area contributed by atoms with Crippen molar-refractivity contribution < 1.29 is 23.9 Å². The Morgan fingerprint density at radius 1 is 0.828 bits per heavy atom. The molecule has 1 saturated carbocycles. The van der Waals surface area contributed by atoms with Gasteiger partial charge in [-0.05, 0) is 94.2 Å². The minimum absolute atomic E-state index is 0.0478. The van der Waals surface area contributed by atoms with Crippen molar-refractivity contribution in [1.29, 1.82) is 0 Å². The molecule has 7 heterocycles. The fraction of sp³-hybridized carbons (Fsp3) is 0.512. The van der Waals surface area contributed by atoms with Gasteiger partial charge in [0, 0.05) is 88.5 Å². The number of amides is 4. The molecule has 0 radical (unpaired) electrons. The van der Waals surface area contributed by atoms with E-state index in [-0.39, 0.29) is 24.3 Å². The van der Waals surface area contributed by atoms with E-state index in [0.717, 1.165) is 129 Å². The zero-order chi connectivity index (χ0) is 39.7. The molecule has 5 fully saturated rings. The lowest BCUT2D eigenvalue weighted by atomic mass is 9.91. The van der Waals surface area contributed by atoms with Gasteiger partial charge in [-0.2, -0.15) is 5.10 Å². The summed E-state index contributed by atoms with van der Waals surface area (Å²) < 4.78 is 6.23. The number of nitrogens with zero attached hydrogens (tertiary/aromatic N) is 8. The molecule has 4 saturated heterocycles. The molecule has 1 aliphatic carbocycles. The van der Waals surface area contributed by atoms with Crippen LogP contribution in [0.5, 0.6) is 5.75 Å².